The van der Waals surface area contributed by atoms with Crippen LogP contribution < -0.4 is 25.3 Å². The molecule has 7 heterocycles. The summed E-state index contributed by atoms with van der Waals surface area (Å²) in [5.41, 5.74) is 3.38. The maximum absolute atomic E-state index is 13.3. The van der Waals surface area contributed by atoms with Gasteiger partial charge < -0.3 is 39.7 Å². The van der Waals surface area contributed by atoms with Crippen molar-refractivity contribution in [3.8, 4) is 0 Å². The van der Waals surface area contributed by atoms with E-state index in [1.165, 1.54) is 22.7 Å². The van der Waals surface area contributed by atoms with Gasteiger partial charge in [-0.1, -0.05) is 25.6 Å². The quantitative estimate of drug-likeness (QED) is 0.157. The highest BCUT2D eigenvalue weighted by atomic mass is 79.9. The molecule has 0 atom stereocenters. The van der Waals surface area contributed by atoms with Crippen LogP contribution in [0.1, 0.15) is 89.4 Å². The van der Waals surface area contributed by atoms with Crippen molar-refractivity contribution in [2.45, 2.75) is 79.4 Å². The highest BCUT2D eigenvalue weighted by Crippen LogP contribution is 2.46. The van der Waals surface area contributed by atoms with Gasteiger partial charge in [-0.25, -0.2) is 19.6 Å². The molecule has 68 heavy (non-hydrogen) atoms. The monoisotopic (exact) mass is 1030 g/mol. The van der Waals surface area contributed by atoms with Gasteiger partial charge in [-0.2, -0.15) is 0 Å². The molecule has 2 saturated heterocycles. The molecule has 2 N–H and O–H groups in total. The summed E-state index contributed by atoms with van der Waals surface area (Å²) in [6, 6.07) is 11.3. The number of amides is 5. The molecule has 5 amide bonds. The second-order valence-corrected chi connectivity index (χ2v) is 21.4. The Kier molecular flexibility index (Phi) is 15.8. The molecule has 3 aliphatic rings. The zero-order chi connectivity index (χ0) is 48.3. The Bertz CT molecular complexity index is 2630. The Labute approximate surface area is 413 Å². The highest BCUT2D eigenvalue weighted by molar-refractivity contribution is 9.11. The average Bonchev–Trinajstić information content (AvgIpc) is 4.00. The molecule has 3 aliphatic heterocycles. The maximum atomic E-state index is 13.3. The van der Waals surface area contributed by atoms with Crippen LogP contribution in [0.5, 0.6) is 0 Å². The minimum atomic E-state index is -0.678. The SMILES string of the molecule is C.CC(C)(C)OC(=O)N1CCN(c2ccncc2NC(=O)c2csc(Br)n2)CC1.CC(C)(C)OC(=O)N1CCN(c2ccncc2NC(=O)c2csc(N3C(=O)C(C)(C)c4ccccc43)n2)CC1. The number of hydrogen-bond donors (Lipinski definition) is 2. The van der Waals surface area contributed by atoms with Crippen LogP contribution in [0.4, 0.5) is 43.2 Å². The molecule has 5 aromatic rings. The summed E-state index contributed by atoms with van der Waals surface area (Å²) in [4.78, 5) is 89.8. The second-order valence-electron chi connectivity index (χ2n) is 18.4. The number of piperazine rings is 2. The van der Waals surface area contributed by atoms with Crippen LogP contribution >= 0.6 is 38.6 Å². The first-order valence-corrected chi connectivity index (χ1v) is 24.2. The number of pyridine rings is 2. The number of benzene rings is 1. The molecular formula is C47H58BrN11O7S2. The van der Waals surface area contributed by atoms with Gasteiger partial charge in [0.15, 0.2) is 9.05 Å². The van der Waals surface area contributed by atoms with Crippen molar-refractivity contribution in [3.63, 3.8) is 0 Å². The van der Waals surface area contributed by atoms with Crippen molar-refractivity contribution in [1.29, 1.82) is 0 Å². The molecule has 0 unspecified atom stereocenters. The normalized spacial score (nSPS) is 15.7. The van der Waals surface area contributed by atoms with E-state index in [1.54, 1.807) is 50.2 Å². The zero-order valence-electron chi connectivity index (χ0n) is 38.7. The maximum Gasteiger partial charge on any atom is 0.410 e. The summed E-state index contributed by atoms with van der Waals surface area (Å²) >= 11 is 5.86. The Hall–Kier alpha value is -6.19. The van der Waals surface area contributed by atoms with Crippen LogP contribution in [-0.4, -0.2) is 123 Å². The lowest BCUT2D eigenvalue weighted by molar-refractivity contribution is -0.121. The number of aromatic nitrogens is 4. The molecule has 0 saturated carbocycles. The first-order valence-electron chi connectivity index (χ1n) is 21.7. The Morgan fingerprint density at radius 2 is 1.12 bits per heavy atom. The number of hydrogen-bond acceptors (Lipinski definition) is 15. The number of rotatable bonds is 7. The average molecular weight is 1030 g/mol. The van der Waals surface area contributed by atoms with Gasteiger partial charge >= 0.3 is 12.2 Å². The number of ether oxygens (including phenoxy) is 2. The van der Waals surface area contributed by atoms with E-state index < -0.39 is 22.5 Å². The summed E-state index contributed by atoms with van der Waals surface area (Å²) in [6.07, 6.45) is 5.95. The minimum Gasteiger partial charge on any atom is -0.444 e. The number of para-hydroxylation sites is 1. The van der Waals surface area contributed by atoms with Crippen LogP contribution in [0.25, 0.3) is 0 Å². The van der Waals surface area contributed by atoms with E-state index in [9.17, 15) is 24.0 Å². The standard InChI is InChI=1S/C28H32N6O4S.C18H22BrN5O3S.CH4/c1-27(2,3)38-26(37)33-14-12-32(13-15-33)22-10-11-29-16-19(22)30-23(35)20-17-39-25(31-20)34-21-9-7-6-8-18(21)28(4,5)24(34)36;1-18(2,3)27-17(26)24-8-6-23(7-9-24)14-4-5-20-10-12(14)21-15(25)13-11-28-16(19)22-13;/h6-11,16-17H,12-15H2,1-5H3,(H,30,35);4-5,10-11H,6-9H2,1-3H3,(H,21,25);1H4. The fourth-order valence-electron chi connectivity index (χ4n) is 7.52. The van der Waals surface area contributed by atoms with Gasteiger partial charge in [0.1, 0.15) is 22.6 Å². The number of nitrogens with one attached hydrogen (secondary N) is 2. The molecule has 18 nitrogen and oxygen atoms in total. The van der Waals surface area contributed by atoms with E-state index in [4.69, 9.17) is 9.47 Å². The minimum absolute atomic E-state index is 0. The second kappa shape index (κ2) is 21.0. The number of thiazole rings is 2. The Morgan fingerprint density at radius 3 is 1.57 bits per heavy atom. The number of nitrogens with zero attached hydrogens (tertiary/aromatic N) is 9. The number of carbonyl (C=O) groups excluding carboxylic acids is 5. The number of anilines is 6. The van der Waals surface area contributed by atoms with Crippen molar-refractivity contribution >= 4 is 102 Å². The van der Waals surface area contributed by atoms with Gasteiger partial charge in [-0.3, -0.25) is 29.3 Å². The third-order valence-electron chi connectivity index (χ3n) is 10.8. The van der Waals surface area contributed by atoms with Crippen molar-refractivity contribution in [2.24, 2.45) is 0 Å². The lowest BCUT2D eigenvalue weighted by Gasteiger charge is -2.37. The molecule has 0 bridgehead atoms. The first-order chi connectivity index (χ1) is 31.7. The molecule has 0 aliphatic carbocycles. The summed E-state index contributed by atoms with van der Waals surface area (Å²) < 4.78 is 11.6. The van der Waals surface area contributed by atoms with Crippen LogP contribution in [0, 0.1) is 0 Å². The predicted octanol–water partition coefficient (Wildman–Crippen LogP) is 9.05. The van der Waals surface area contributed by atoms with E-state index >= 15 is 0 Å². The van der Waals surface area contributed by atoms with Crippen LogP contribution in [-0.2, 0) is 19.7 Å². The van der Waals surface area contributed by atoms with Gasteiger partial charge in [0.2, 0.25) is 5.91 Å². The zero-order valence-corrected chi connectivity index (χ0v) is 41.9. The third-order valence-corrected chi connectivity index (χ3v) is 13.0. The lowest BCUT2D eigenvalue weighted by atomic mass is 9.86. The van der Waals surface area contributed by atoms with Crippen LogP contribution in [0.15, 0.2) is 75.9 Å². The molecule has 0 spiro atoms. The van der Waals surface area contributed by atoms with Crippen LogP contribution in [0.3, 0.4) is 0 Å². The number of fused-ring (bicyclic) bond motifs is 1. The molecule has 8 rings (SSSR count). The van der Waals surface area contributed by atoms with Gasteiger partial charge in [0.25, 0.3) is 11.8 Å². The van der Waals surface area contributed by atoms with E-state index in [0.717, 1.165) is 22.6 Å². The van der Waals surface area contributed by atoms with E-state index in [0.29, 0.717) is 78.5 Å². The van der Waals surface area contributed by atoms with E-state index in [1.807, 2.05) is 91.8 Å². The fraction of sp³-hybridized carbons (Fsp3) is 0.426. The van der Waals surface area contributed by atoms with Gasteiger partial charge in [-0.05, 0) is 95.1 Å². The van der Waals surface area contributed by atoms with Gasteiger partial charge in [-0.15, -0.1) is 22.7 Å². The van der Waals surface area contributed by atoms with E-state index in [-0.39, 0.29) is 37.1 Å². The molecule has 21 heteroatoms. The molecule has 4 aromatic heterocycles. The molecular weight excluding hydrogens is 975 g/mol. The molecule has 362 valence electrons. The summed E-state index contributed by atoms with van der Waals surface area (Å²) in [6.45, 7) is 19.4. The van der Waals surface area contributed by atoms with Gasteiger partial charge in [0, 0.05) is 75.5 Å². The molecule has 1 aromatic carbocycles. The molecule has 0 radical (unpaired) electrons. The van der Waals surface area contributed by atoms with Crippen molar-refractivity contribution in [2.75, 3.05) is 77.7 Å². The number of carbonyl (C=O) groups is 5. The summed E-state index contributed by atoms with van der Waals surface area (Å²) in [7, 11) is 0. The van der Waals surface area contributed by atoms with Crippen molar-refractivity contribution in [3.05, 3.63) is 92.8 Å². The molecule has 2 fully saturated rings. The van der Waals surface area contributed by atoms with Crippen molar-refractivity contribution in [1.82, 2.24) is 29.7 Å². The van der Waals surface area contributed by atoms with Gasteiger partial charge in [0.05, 0.1) is 46.2 Å². The summed E-state index contributed by atoms with van der Waals surface area (Å²) in [5, 5.41) is 9.61. The largest absolute Gasteiger partial charge is 0.444 e. The topological polar surface area (TPSA) is 196 Å². The summed E-state index contributed by atoms with van der Waals surface area (Å²) in [5.74, 6) is -0.757. The Balaban J connectivity index is 0.000000233. The Morgan fingerprint density at radius 1 is 0.662 bits per heavy atom. The third kappa shape index (κ3) is 12.1. The van der Waals surface area contributed by atoms with E-state index in [2.05, 4.69) is 56.3 Å². The smallest absolute Gasteiger partial charge is 0.410 e. The lowest BCUT2D eigenvalue weighted by Crippen LogP contribution is -2.50. The predicted molar refractivity (Wildman–Crippen MR) is 270 cm³/mol. The van der Waals surface area contributed by atoms with Crippen LogP contribution in [0.2, 0.25) is 0 Å². The van der Waals surface area contributed by atoms with Crippen molar-refractivity contribution < 1.29 is 33.4 Å². The number of halogens is 1. The first kappa shape index (κ1) is 51.2. The fourth-order valence-corrected chi connectivity index (χ4v) is 9.33. The highest BCUT2D eigenvalue weighted by Gasteiger charge is 2.45.